The minimum Gasteiger partial charge on any atom is -0.260 e. The van der Waals surface area contributed by atoms with E-state index in [1.165, 1.54) is 11.1 Å². The van der Waals surface area contributed by atoms with E-state index in [1.807, 2.05) is 12.1 Å². The van der Waals surface area contributed by atoms with E-state index in [-0.39, 0.29) is 6.42 Å². The molecule has 2 rings (SSSR count). The number of hydrogen-bond acceptors (Lipinski definition) is 3. The summed E-state index contributed by atoms with van der Waals surface area (Å²) in [5, 5.41) is 0. The third kappa shape index (κ3) is 7.17. The topological polar surface area (TPSA) is 43.4 Å². The molecule has 1 unspecified atom stereocenters. The van der Waals surface area contributed by atoms with Crippen molar-refractivity contribution in [2.45, 2.75) is 44.7 Å². The summed E-state index contributed by atoms with van der Waals surface area (Å²) in [4.78, 5) is 0. The van der Waals surface area contributed by atoms with Crippen molar-refractivity contribution in [3.63, 3.8) is 0 Å². The fraction of sp³-hybridized carbons (Fsp3) is 0.368. The van der Waals surface area contributed by atoms with Gasteiger partial charge in [0.1, 0.15) is 0 Å². The van der Waals surface area contributed by atoms with Crippen LogP contribution in [0.2, 0.25) is 0 Å². The summed E-state index contributed by atoms with van der Waals surface area (Å²) in [5.41, 5.74) is -2.77. The lowest BCUT2D eigenvalue weighted by atomic mass is 10.1. The molecule has 2 aromatic carbocycles. The van der Waals surface area contributed by atoms with Crippen molar-refractivity contribution in [2.24, 2.45) is 0 Å². The molecule has 0 radical (unpaired) electrons. The lowest BCUT2D eigenvalue weighted by Crippen LogP contribution is -2.29. The second kappa shape index (κ2) is 10.3. The first-order valence-corrected chi connectivity index (χ1v) is 9.72. The molecule has 0 amide bonds. The van der Waals surface area contributed by atoms with Crippen molar-refractivity contribution in [3.05, 3.63) is 60.7 Å². The lowest BCUT2D eigenvalue weighted by Gasteiger charge is -2.15. The average molecular weight is 388 g/mol. The lowest BCUT2D eigenvalue weighted by molar-refractivity contribution is -0.0577. The van der Waals surface area contributed by atoms with Crippen LogP contribution in [0, 0.1) is 0 Å². The molecule has 0 saturated heterocycles. The maximum atomic E-state index is 11.9. The van der Waals surface area contributed by atoms with E-state index in [1.54, 1.807) is 13.8 Å². The van der Waals surface area contributed by atoms with Crippen molar-refractivity contribution in [1.29, 1.82) is 0 Å². The summed E-state index contributed by atoms with van der Waals surface area (Å²) in [7, 11) is -5.43. The molecule has 0 heterocycles. The number of alkyl halides is 3. The van der Waals surface area contributed by atoms with Gasteiger partial charge in [-0.25, -0.2) is 0 Å². The minimum atomic E-state index is -5.43. The Morgan fingerprint density at radius 3 is 1.62 bits per heavy atom. The van der Waals surface area contributed by atoms with Gasteiger partial charge in [-0.15, -0.1) is 0 Å². The highest BCUT2D eigenvalue weighted by atomic mass is 32.2. The van der Waals surface area contributed by atoms with Crippen LogP contribution < -0.4 is 0 Å². The van der Waals surface area contributed by atoms with Gasteiger partial charge in [-0.1, -0.05) is 80.9 Å². The number of hydrogen-bond donors (Lipinski definition) is 0. The van der Waals surface area contributed by atoms with E-state index in [0.717, 1.165) is 0 Å². The smallest absolute Gasteiger partial charge is 0.260 e. The van der Waals surface area contributed by atoms with E-state index in [2.05, 4.69) is 52.7 Å². The molecule has 3 nitrogen and oxygen atoms in total. The van der Waals surface area contributed by atoms with E-state index >= 15 is 0 Å². The Morgan fingerprint density at radius 1 is 0.885 bits per heavy atom. The van der Waals surface area contributed by atoms with Crippen LogP contribution in [-0.2, 0) is 14.3 Å². The Hall–Kier alpha value is -1.86. The monoisotopic (exact) mass is 388 g/mol. The predicted octanol–water partition coefficient (Wildman–Crippen LogP) is 5.78. The summed E-state index contributed by atoms with van der Waals surface area (Å²) in [5.74, 6) is 0. The molecule has 0 spiro atoms. The Morgan fingerprint density at radius 2 is 1.31 bits per heavy atom. The molecular weight excluding hydrogens is 365 g/mol. The standard InChI is InChI=1S/C12H10.C7H13F3O3S/c1-3-7-11(8-4-1)12-9-5-2-6-10-12;1-3-5-6(4-2)13-14(11,12)7(8,9)10/h1-10H;6H,3-5H2,1-2H3. The van der Waals surface area contributed by atoms with Crippen molar-refractivity contribution in [2.75, 3.05) is 0 Å². The van der Waals surface area contributed by atoms with Gasteiger partial charge in [-0.3, -0.25) is 4.18 Å². The first kappa shape index (κ1) is 22.2. The maximum Gasteiger partial charge on any atom is 0.523 e. The van der Waals surface area contributed by atoms with Gasteiger partial charge >= 0.3 is 15.6 Å². The Kier molecular flexibility index (Phi) is 8.81. The van der Waals surface area contributed by atoms with Gasteiger partial charge in [0.15, 0.2) is 0 Å². The second-order valence-electron chi connectivity index (χ2n) is 5.55. The molecule has 0 N–H and O–H groups in total. The van der Waals surface area contributed by atoms with Crippen LogP contribution in [0.5, 0.6) is 0 Å². The molecule has 0 fully saturated rings. The van der Waals surface area contributed by atoms with Gasteiger partial charge in [0.2, 0.25) is 0 Å². The van der Waals surface area contributed by atoms with Gasteiger partial charge in [-0.05, 0) is 24.0 Å². The maximum absolute atomic E-state index is 11.9. The highest BCUT2D eigenvalue weighted by Crippen LogP contribution is 2.27. The van der Waals surface area contributed by atoms with Gasteiger partial charge in [0.25, 0.3) is 0 Å². The van der Waals surface area contributed by atoms with Crippen molar-refractivity contribution >= 4 is 10.1 Å². The summed E-state index contributed by atoms with van der Waals surface area (Å²) < 4.78 is 60.7. The fourth-order valence-corrected chi connectivity index (χ4v) is 2.84. The SMILES string of the molecule is CCCC(CC)OS(=O)(=O)C(F)(F)F.c1ccc(-c2ccccc2)cc1. The van der Waals surface area contributed by atoms with Gasteiger partial charge in [0.05, 0.1) is 6.10 Å². The number of halogens is 3. The Bertz CT molecular complexity index is 692. The van der Waals surface area contributed by atoms with Crippen molar-refractivity contribution in [1.82, 2.24) is 0 Å². The minimum absolute atomic E-state index is 0.239. The molecule has 0 aliphatic rings. The zero-order valence-corrected chi connectivity index (χ0v) is 15.6. The highest BCUT2D eigenvalue weighted by molar-refractivity contribution is 7.87. The molecule has 1 atom stereocenters. The van der Waals surface area contributed by atoms with Crippen LogP contribution in [-0.4, -0.2) is 20.0 Å². The van der Waals surface area contributed by atoms with Crippen LogP contribution in [0.15, 0.2) is 60.7 Å². The largest absolute Gasteiger partial charge is 0.523 e. The zero-order valence-electron chi connectivity index (χ0n) is 14.7. The van der Waals surface area contributed by atoms with Crippen LogP contribution in [0.25, 0.3) is 11.1 Å². The summed E-state index contributed by atoms with van der Waals surface area (Å²) in [6.45, 7) is 3.32. The molecular formula is C19H23F3O3S. The van der Waals surface area contributed by atoms with E-state index in [4.69, 9.17) is 0 Å². The van der Waals surface area contributed by atoms with Crippen LogP contribution in [0.3, 0.4) is 0 Å². The van der Waals surface area contributed by atoms with Gasteiger partial charge < -0.3 is 0 Å². The quantitative estimate of drug-likeness (QED) is 0.465. The van der Waals surface area contributed by atoms with Crippen molar-refractivity contribution < 1.29 is 25.8 Å². The van der Waals surface area contributed by atoms with Gasteiger partial charge in [0, 0.05) is 0 Å². The van der Waals surface area contributed by atoms with Crippen LogP contribution in [0.1, 0.15) is 33.1 Å². The summed E-state index contributed by atoms with van der Waals surface area (Å²) in [6.07, 6.45) is 0.229. The Balaban J connectivity index is 0.000000262. The molecule has 0 aliphatic carbocycles. The van der Waals surface area contributed by atoms with Crippen molar-refractivity contribution in [3.8, 4) is 11.1 Å². The molecule has 0 bridgehead atoms. The number of rotatable bonds is 6. The third-order valence-corrected chi connectivity index (χ3v) is 4.59. The van der Waals surface area contributed by atoms with E-state index in [0.29, 0.717) is 12.8 Å². The first-order valence-electron chi connectivity index (χ1n) is 8.31. The van der Waals surface area contributed by atoms with Crippen LogP contribution >= 0.6 is 0 Å². The predicted molar refractivity (Wildman–Crippen MR) is 96.9 cm³/mol. The van der Waals surface area contributed by atoms with Crippen LogP contribution in [0.4, 0.5) is 13.2 Å². The number of benzene rings is 2. The molecule has 0 aromatic heterocycles. The second-order valence-corrected chi connectivity index (χ2v) is 7.11. The fourth-order valence-electron chi connectivity index (χ4n) is 2.14. The summed E-state index contributed by atoms with van der Waals surface area (Å²) >= 11 is 0. The molecule has 0 saturated carbocycles. The zero-order chi connectivity index (χ0) is 19.6. The normalized spacial score (nSPS) is 12.8. The molecule has 144 valence electrons. The summed E-state index contributed by atoms with van der Waals surface area (Å²) in [6, 6.07) is 20.8. The third-order valence-electron chi connectivity index (χ3n) is 3.49. The molecule has 26 heavy (non-hydrogen) atoms. The Labute approximate surface area is 152 Å². The average Bonchev–Trinajstić information content (AvgIpc) is 2.62. The molecule has 7 heteroatoms. The molecule has 2 aromatic rings. The van der Waals surface area contributed by atoms with E-state index in [9.17, 15) is 21.6 Å². The first-order chi connectivity index (χ1) is 12.2. The highest BCUT2D eigenvalue weighted by Gasteiger charge is 2.48. The van der Waals surface area contributed by atoms with Gasteiger partial charge in [-0.2, -0.15) is 21.6 Å². The molecule has 0 aliphatic heterocycles. The van der Waals surface area contributed by atoms with E-state index < -0.39 is 21.7 Å².